The van der Waals surface area contributed by atoms with Crippen molar-refractivity contribution in [1.82, 2.24) is 19.7 Å². The van der Waals surface area contributed by atoms with Crippen LogP contribution in [0.4, 0.5) is 24.5 Å². The number of rotatable bonds is 11. The van der Waals surface area contributed by atoms with Crippen molar-refractivity contribution in [3.8, 4) is 34.5 Å². The molecule has 16 heteroatoms. The number of carbonyl (C=O) groups is 1. The molecule has 1 saturated carbocycles. The van der Waals surface area contributed by atoms with Crippen molar-refractivity contribution in [2.45, 2.75) is 30.2 Å². The molecule has 6 rings (SSSR count). The fourth-order valence-electron chi connectivity index (χ4n) is 5.19. The van der Waals surface area contributed by atoms with E-state index in [1.54, 1.807) is 0 Å². The highest BCUT2D eigenvalue weighted by atomic mass is 32.2. The van der Waals surface area contributed by atoms with Gasteiger partial charge >= 0.3 is 12.0 Å². The van der Waals surface area contributed by atoms with Crippen LogP contribution in [0.15, 0.2) is 65.8 Å². The van der Waals surface area contributed by atoms with E-state index in [9.17, 15) is 22.0 Å². The summed E-state index contributed by atoms with van der Waals surface area (Å²) >= 11 is 0. The van der Waals surface area contributed by atoms with Crippen LogP contribution in [0.25, 0.3) is 22.0 Å². The number of anilines is 2. The summed E-state index contributed by atoms with van der Waals surface area (Å²) in [6.45, 7) is 0. The van der Waals surface area contributed by atoms with Gasteiger partial charge in [0.2, 0.25) is 15.9 Å². The number of halogens is 3. The standard InChI is InChI=1S/C33H28F3N5O7S/c1-45-31-25(15-38-33(40-31)47-3)17-9-26(36)29-27(10-17)37-16-28(49(43,44)41-21-5-4-6-21)30(29)39-22-7-18(32(42)46-2)8-23(14-22)48-24-12-19(34)11-20(35)13-24/h7-16,21,41H,4-6H2,1-3H3,(H,37,39). The highest BCUT2D eigenvalue weighted by Gasteiger charge is 2.29. The number of methoxy groups -OCH3 is 3. The Hall–Kier alpha value is -5.48. The molecule has 2 aromatic heterocycles. The summed E-state index contributed by atoms with van der Waals surface area (Å²) in [5.41, 5.74) is 0.416. The van der Waals surface area contributed by atoms with Crippen molar-refractivity contribution >= 4 is 38.3 Å². The highest BCUT2D eigenvalue weighted by Crippen LogP contribution is 2.39. The molecule has 49 heavy (non-hydrogen) atoms. The molecule has 0 radical (unpaired) electrons. The summed E-state index contributed by atoms with van der Waals surface area (Å²) in [6, 6.07) is 8.82. The Balaban J connectivity index is 1.51. The molecule has 0 spiro atoms. The molecule has 0 atom stereocenters. The maximum Gasteiger partial charge on any atom is 0.338 e. The van der Waals surface area contributed by atoms with Crippen LogP contribution in [0.1, 0.15) is 29.6 Å². The molecule has 0 saturated heterocycles. The van der Waals surface area contributed by atoms with Crippen molar-refractivity contribution in [2.24, 2.45) is 0 Å². The van der Waals surface area contributed by atoms with E-state index in [4.69, 9.17) is 18.9 Å². The summed E-state index contributed by atoms with van der Waals surface area (Å²) in [7, 11) is -0.359. The molecule has 254 valence electrons. The van der Waals surface area contributed by atoms with Gasteiger partial charge in [0.1, 0.15) is 33.8 Å². The number of fused-ring (bicyclic) bond motifs is 1. The molecule has 0 amide bonds. The lowest BCUT2D eigenvalue weighted by atomic mass is 9.94. The predicted molar refractivity (Wildman–Crippen MR) is 171 cm³/mol. The smallest absolute Gasteiger partial charge is 0.338 e. The Kier molecular flexibility index (Phi) is 9.25. The predicted octanol–water partition coefficient (Wildman–Crippen LogP) is 6.28. The lowest BCUT2D eigenvalue weighted by Crippen LogP contribution is -2.39. The molecule has 5 aromatic rings. The number of pyridine rings is 1. The lowest BCUT2D eigenvalue weighted by Gasteiger charge is -2.27. The zero-order chi connectivity index (χ0) is 34.9. The van der Waals surface area contributed by atoms with Gasteiger partial charge in [-0.1, -0.05) is 6.42 Å². The first-order valence-corrected chi connectivity index (χ1v) is 16.2. The third-order valence-electron chi connectivity index (χ3n) is 7.69. The topological polar surface area (TPSA) is 151 Å². The Morgan fingerprint density at radius 3 is 2.27 bits per heavy atom. The molecular weight excluding hydrogens is 667 g/mol. The Labute approximate surface area is 278 Å². The van der Waals surface area contributed by atoms with Crippen LogP contribution in [0, 0.1) is 17.5 Å². The number of esters is 1. The zero-order valence-corrected chi connectivity index (χ0v) is 27.0. The van der Waals surface area contributed by atoms with E-state index >= 15 is 4.39 Å². The third-order valence-corrected chi connectivity index (χ3v) is 9.22. The number of sulfonamides is 1. The number of nitrogens with zero attached hydrogens (tertiary/aromatic N) is 3. The minimum absolute atomic E-state index is 0.0281. The second-order valence-electron chi connectivity index (χ2n) is 10.9. The summed E-state index contributed by atoms with van der Waals surface area (Å²) < 4.78 is 95.1. The average molecular weight is 696 g/mol. The van der Waals surface area contributed by atoms with Gasteiger partial charge in [-0.15, -0.1) is 0 Å². The third kappa shape index (κ3) is 7.05. The summed E-state index contributed by atoms with van der Waals surface area (Å²) in [6.07, 6.45) is 4.59. The van der Waals surface area contributed by atoms with E-state index in [0.29, 0.717) is 24.5 Å². The van der Waals surface area contributed by atoms with Crippen LogP contribution in [-0.2, 0) is 14.8 Å². The molecule has 1 fully saturated rings. The number of hydrogen-bond donors (Lipinski definition) is 2. The fraction of sp³-hybridized carbons (Fsp3) is 0.212. The van der Waals surface area contributed by atoms with Crippen LogP contribution in [-0.4, -0.2) is 56.7 Å². The Bertz CT molecular complexity index is 2180. The number of hydrogen-bond acceptors (Lipinski definition) is 11. The maximum atomic E-state index is 16.3. The molecule has 1 aliphatic rings. The monoisotopic (exact) mass is 695 g/mol. The van der Waals surface area contributed by atoms with E-state index in [-0.39, 0.29) is 67.7 Å². The minimum Gasteiger partial charge on any atom is -0.480 e. The van der Waals surface area contributed by atoms with Crippen molar-refractivity contribution < 1.29 is 45.3 Å². The van der Waals surface area contributed by atoms with E-state index in [1.807, 2.05) is 0 Å². The van der Waals surface area contributed by atoms with Crippen molar-refractivity contribution in [1.29, 1.82) is 0 Å². The summed E-state index contributed by atoms with van der Waals surface area (Å²) in [5, 5.41) is 2.73. The van der Waals surface area contributed by atoms with Gasteiger partial charge in [0.25, 0.3) is 0 Å². The second-order valence-corrected chi connectivity index (χ2v) is 12.6. The maximum absolute atomic E-state index is 16.3. The quantitative estimate of drug-likeness (QED) is 0.150. The van der Waals surface area contributed by atoms with Crippen molar-refractivity contribution in [2.75, 3.05) is 26.6 Å². The van der Waals surface area contributed by atoms with Crippen LogP contribution in [0.3, 0.4) is 0 Å². The first-order valence-electron chi connectivity index (χ1n) is 14.7. The molecule has 0 bridgehead atoms. The Morgan fingerprint density at radius 1 is 0.878 bits per heavy atom. The van der Waals surface area contributed by atoms with Crippen LogP contribution >= 0.6 is 0 Å². The number of ether oxygens (including phenoxy) is 4. The van der Waals surface area contributed by atoms with Gasteiger partial charge in [0.15, 0.2) is 0 Å². The van der Waals surface area contributed by atoms with Crippen molar-refractivity contribution in [3.63, 3.8) is 0 Å². The molecule has 1 aliphatic carbocycles. The van der Waals surface area contributed by atoms with Gasteiger partial charge in [-0.05, 0) is 42.7 Å². The first kappa shape index (κ1) is 33.4. The van der Waals surface area contributed by atoms with E-state index in [2.05, 4.69) is 25.0 Å². The number of carbonyl (C=O) groups excluding carboxylic acids is 1. The van der Waals surface area contributed by atoms with E-state index in [1.165, 1.54) is 44.7 Å². The minimum atomic E-state index is -4.26. The van der Waals surface area contributed by atoms with E-state index < -0.39 is 33.4 Å². The lowest BCUT2D eigenvalue weighted by molar-refractivity contribution is 0.0600. The molecule has 3 aromatic carbocycles. The van der Waals surface area contributed by atoms with E-state index in [0.717, 1.165) is 37.9 Å². The number of benzene rings is 3. The van der Waals surface area contributed by atoms with Crippen LogP contribution in [0.2, 0.25) is 0 Å². The van der Waals surface area contributed by atoms with Gasteiger partial charge in [-0.2, -0.15) is 4.98 Å². The Morgan fingerprint density at radius 2 is 1.61 bits per heavy atom. The van der Waals surface area contributed by atoms with Gasteiger partial charge in [0.05, 0.1) is 49.0 Å². The average Bonchev–Trinajstić information content (AvgIpc) is 3.05. The zero-order valence-electron chi connectivity index (χ0n) is 26.2. The fourth-order valence-corrected chi connectivity index (χ4v) is 6.60. The first-order chi connectivity index (χ1) is 23.5. The molecule has 0 unspecified atom stereocenters. The normalized spacial score (nSPS) is 13.1. The summed E-state index contributed by atoms with van der Waals surface area (Å²) in [4.78, 5) is 24.8. The van der Waals surface area contributed by atoms with Gasteiger partial charge < -0.3 is 24.3 Å². The van der Waals surface area contributed by atoms with Gasteiger partial charge in [0, 0.05) is 48.4 Å². The SMILES string of the molecule is COC(=O)c1cc(Nc2c(S(=O)(=O)NC3CCC3)cnc3cc(-c4cnc(OC)nc4OC)cc(F)c23)cc(Oc2cc(F)cc(F)c2)c1. The highest BCUT2D eigenvalue weighted by molar-refractivity contribution is 7.89. The van der Waals surface area contributed by atoms with Gasteiger partial charge in [-0.25, -0.2) is 36.1 Å². The number of aromatic nitrogens is 3. The molecule has 12 nitrogen and oxygen atoms in total. The molecular formula is C33H28F3N5O7S. The second kappa shape index (κ2) is 13.6. The number of nitrogens with one attached hydrogen (secondary N) is 2. The summed E-state index contributed by atoms with van der Waals surface area (Å²) in [5.74, 6) is -3.66. The van der Waals surface area contributed by atoms with Crippen molar-refractivity contribution in [3.05, 3.63) is 83.9 Å². The molecule has 2 N–H and O–H groups in total. The van der Waals surface area contributed by atoms with Gasteiger partial charge in [-0.3, -0.25) is 4.98 Å². The van der Waals surface area contributed by atoms with Crippen LogP contribution in [0.5, 0.6) is 23.4 Å². The van der Waals surface area contributed by atoms with Crippen LogP contribution < -0.4 is 24.2 Å². The largest absolute Gasteiger partial charge is 0.480 e. The molecule has 0 aliphatic heterocycles. The molecule has 2 heterocycles.